The van der Waals surface area contributed by atoms with E-state index in [0.29, 0.717) is 17.6 Å². The molecule has 21 heavy (non-hydrogen) atoms. The van der Waals surface area contributed by atoms with Gasteiger partial charge in [-0.05, 0) is 20.8 Å². The van der Waals surface area contributed by atoms with Gasteiger partial charge in [-0.15, -0.1) is 0 Å². The Morgan fingerprint density at radius 3 is 2.62 bits per heavy atom. The average molecular weight is 287 g/mol. The second-order valence-electron chi connectivity index (χ2n) is 5.80. The van der Waals surface area contributed by atoms with E-state index in [1.807, 2.05) is 6.92 Å². The van der Waals surface area contributed by atoms with Crippen LogP contribution >= 0.6 is 0 Å². The maximum absolute atomic E-state index is 12.3. The predicted octanol–water partition coefficient (Wildman–Crippen LogP) is 1.16. The number of hydrogen-bond donors (Lipinski definition) is 1. The minimum atomic E-state index is -0.0707. The maximum atomic E-state index is 12.3. The molecule has 1 aliphatic rings. The van der Waals surface area contributed by atoms with Gasteiger partial charge in [0.15, 0.2) is 0 Å². The number of aromatic amines is 1. The quantitative estimate of drug-likeness (QED) is 0.898. The van der Waals surface area contributed by atoms with E-state index in [4.69, 9.17) is 0 Å². The number of pyridine rings is 1. The number of H-pyrrole nitrogens is 1. The largest absolute Gasteiger partial charge is 0.363 e. The average Bonchev–Trinajstić information content (AvgIpc) is 2.47. The highest BCUT2D eigenvalue weighted by Crippen LogP contribution is 2.21. The van der Waals surface area contributed by atoms with Gasteiger partial charge in [0.2, 0.25) is 0 Å². The number of aromatic nitrogens is 3. The molecule has 0 bridgehead atoms. The van der Waals surface area contributed by atoms with E-state index in [-0.39, 0.29) is 5.56 Å². The molecular weight excluding hydrogens is 266 g/mol. The van der Waals surface area contributed by atoms with Crippen LogP contribution in [0.15, 0.2) is 17.2 Å². The van der Waals surface area contributed by atoms with Crippen LogP contribution in [-0.4, -0.2) is 52.1 Å². The van der Waals surface area contributed by atoms with Crippen molar-refractivity contribution in [3.8, 4) is 0 Å². The first kappa shape index (κ1) is 14.0. The summed E-state index contributed by atoms with van der Waals surface area (Å²) >= 11 is 0. The summed E-state index contributed by atoms with van der Waals surface area (Å²) in [6, 6.07) is 0.544. The Morgan fingerprint density at radius 2 is 1.95 bits per heavy atom. The van der Waals surface area contributed by atoms with Gasteiger partial charge in [-0.1, -0.05) is 0 Å². The highest BCUT2D eigenvalue weighted by atomic mass is 16.1. The van der Waals surface area contributed by atoms with E-state index >= 15 is 0 Å². The molecule has 0 spiro atoms. The molecule has 1 aliphatic heterocycles. The number of fused-ring (bicyclic) bond motifs is 1. The van der Waals surface area contributed by atoms with E-state index in [9.17, 15) is 4.79 Å². The van der Waals surface area contributed by atoms with Gasteiger partial charge in [0.1, 0.15) is 17.0 Å². The predicted molar refractivity (Wildman–Crippen MR) is 83.8 cm³/mol. The number of hydrogen-bond acceptors (Lipinski definition) is 5. The SMILES string of the molecule is Cc1ncc2c[nH]c(=O)c(N3CCN(C(C)C)CC3)c2n1. The van der Waals surface area contributed by atoms with Gasteiger partial charge >= 0.3 is 0 Å². The summed E-state index contributed by atoms with van der Waals surface area (Å²) in [4.78, 5) is 28.3. The van der Waals surface area contributed by atoms with Gasteiger partial charge < -0.3 is 9.88 Å². The number of nitrogens with zero attached hydrogens (tertiary/aromatic N) is 4. The van der Waals surface area contributed by atoms with Crippen LogP contribution in [0.1, 0.15) is 19.7 Å². The Kier molecular flexibility index (Phi) is 3.63. The molecule has 0 amide bonds. The van der Waals surface area contributed by atoms with Gasteiger partial charge in [0.25, 0.3) is 5.56 Å². The zero-order valence-corrected chi connectivity index (χ0v) is 12.8. The number of rotatable bonds is 2. The van der Waals surface area contributed by atoms with Crippen molar-refractivity contribution in [3.05, 3.63) is 28.6 Å². The lowest BCUT2D eigenvalue weighted by Crippen LogP contribution is -2.50. The molecule has 0 aliphatic carbocycles. The minimum absolute atomic E-state index is 0.0707. The Labute approximate surface area is 123 Å². The molecule has 1 N–H and O–H groups in total. The van der Waals surface area contributed by atoms with Crippen molar-refractivity contribution in [2.45, 2.75) is 26.8 Å². The van der Waals surface area contributed by atoms with Gasteiger partial charge in [-0.3, -0.25) is 9.69 Å². The van der Waals surface area contributed by atoms with Crippen molar-refractivity contribution in [3.63, 3.8) is 0 Å². The van der Waals surface area contributed by atoms with Crippen molar-refractivity contribution < 1.29 is 0 Å². The maximum Gasteiger partial charge on any atom is 0.273 e. The molecule has 2 aromatic rings. The summed E-state index contributed by atoms with van der Waals surface area (Å²) in [5.74, 6) is 0.690. The van der Waals surface area contributed by atoms with Crippen molar-refractivity contribution in [1.29, 1.82) is 0 Å². The molecule has 2 aromatic heterocycles. The fraction of sp³-hybridized carbons (Fsp3) is 0.533. The van der Waals surface area contributed by atoms with Crippen LogP contribution in [0.4, 0.5) is 5.69 Å². The lowest BCUT2D eigenvalue weighted by molar-refractivity contribution is 0.209. The van der Waals surface area contributed by atoms with Crippen LogP contribution < -0.4 is 10.5 Å². The summed E-state index contributed by atoms with van der Waals surface area (Å²) in [5.41, 5.74) is 1.37. The summed E-state index contributed by atoms with van der Waals surface area (Å²) < 4.78 is 0. The number of anilines is 1. The first-order chi connectivity index (χ1) is 10.1. The van der Waals surface area contributed by atoms with Crippen LogP contribution in [0, 0.1) is 6.92 Å². The number of nitrogens with one attached hydrogen (secondary N) is 1. The molecular formula is C15H21N5O. The first-order valence-corrected chi connectivity index (χ1v) is 7.40. The third-order valence-corrected chi connectivity index (χ3v) is 4.10. The van der Waals surface area contributed by atoms with Crippen molar-refractivity contribution in [1.82, 2.24) is 19.9 Å². The molecule has 0 aromatic carbocycles. The van der Waals surface area contributed by atoms with E-state index in [1.165, 1.54) is 0 Å². The zero-order valence-electron chi connectivity index (χ0n) is 12.8. The molecule has 0 radical (unpaired) electrons. The fourth-order valence-electron chi connectivity index (χ4n) is 2.85. The topological polar surface area (TPSA) is 65.1 Å². The second-order valence-corrected chi connectivity index (χ2v) is 5.80. The van der Waals surface area contributed by atoms with E-state index in [0.717, 1.165) is 37.1 Å². The molecule has 1 fully saturated rings. The molecule has 0 saturated carbocycles. The Morgan fingerprint density at radius 1 is 1.24 bits per heavy atom. The van der Waals surface area contributed by atoms with Gasteiger partial charge in [-0.2, -0.15) is 0 Å². The van der Waals surface area contributed by atoms with Gasteiger partial charge in [-0.25, -0.2) is 9.97 Å². The third kappa shape index (κ3) is 2.63. The third-order valence-electron chi connectivity index (χ3n) is 4.10. The number of piperazine rings is 1. The van der Waals surface area contributed by atoms with E-state index in [1.54, 1.807) is 12.4 Å². The summed E-state index contributed by atoms with van der Waals surface area (Å²) in [5, 5.41) is 0.876. The van der Waals surface area contributed by atoms with E-state index in [2.05, 4.69) is 38.6 Å². The van der Waals surface area contributed by atoms with Crippen molar-refractivity contribution >= 4 is 16.6 Å². The molecule has 0 atom stereocenters. The Balaban J connectivity index is 1.99. The van der Waals surface area contributed by atoms with Crippen LogP contribution in [-0.2, 0) is 0 Å². The molecule has 3 heterocycles. The fourth-order valence-corrected chi connectivity index (χ4v) is 2.85. The molecule has 0 unspecified atom stereocenters. The van der Waals surface area contributed by atoms with Crippen molar-refractivity contribution in [2.75, 3.05) is 31.1 Å². The van der Waals surface area contributed by atoms with Crippen LogP contribution in [0.3, 0.4) is 0 Å². The highest BCUT2D eigenvalue weighted by Gasteiger charge is 2.22. The Hall–Kier alpha value is -1.95. The van der Waals surface area contributed by atoms with Crippen LogP contribution in [0.2, 0.25) is 0 Å². The molecule has 3 rings (SSSR count). The lowest BCUT2D eigenvalue weighted by atomic mass is 10.2. The van der Waals surface area contributed by atoms with Crippen molar-refractivity contribution in [2.24, 2.45) is 0 Å². The molecule has 112 valence electrons. The summed E-state index contributed by atoms with van der Waals surface area (Å²) in [6.07, 6.45) is 3.45. The van der Waals surface area contributed by atoms with Gasteiger partial charge in [0.05, 0.1) is 0 Å². The molecule has 1 saturated heterocycles. The van der Waals surface area contributed by atoms with Crippen LogP contribution in [0.25, 0.3) is 10.9 Å². The smallest absolute Gasteiger partial charge is 0.273 e. The minimum Gasteiger partial charge on any atom is -0.363 e. The standard InChI is InChI=1S/C15H21N5O/c1-10(2)19-4-6-20(7-5-19)14-13-12(9-17-15(14)21)8-16-11(3)18-13/h8-10H,4-7H2,1-3H3,(H,17,21). The number of aryl methyl sites for hydroxylation is 1. The molecule has 6 nitrogen and oxygen atoms in total. The van der Waals surface area contributed by atoms with Crippen LogP contribution in [0.5, 0.6) is 0 Å². The summed E-state index contributed by atoms with van der Waals surface area (Å²) in [7, 11) is 0. The zero-order chi connectivity index (χ0) is 15.0. The molecule has 6 heteroatoms. The van der Waals surface area contributed by atoms with E-state index < -0.39 is 0 Å². The second kappa shape index (κ2) is 5.44. The monoisotopic (exact) mass is 287 g/mol. The Bertz CT molecular complexity index is 701. The highest BCUT2D eigenvalue weighted by molar-refractivity contribution is 5.89. The van der Waals surface area contributed by atoms with Gasteiger partial charge in [0, 0.05) is 50.0 Å². The summed E-state index contributed by atoms with van der Waals surface area (Å²) in [6.45, 7) is 9.90. The first-order valence-electron chi connectivity index (χ1n) is 7.40. The lowest BCUT2D eigenvalue weighted by Gasteiger charge is -2.37. The normalized spacial score (nSPS) is 16.9.